The van der Waals surface area contributed by atoms with Gasteiger partial charge in [0.25, 0.3) is 5.91 Å². The molecular weight excluding hydrogens is 352 g/mol. The van der Waals surface area contributed by atoms with Crippen LogP contribution in [0.1, 0.15) is 10.4 Å². The average molecular weight is 362 g/mol. The lowest BCUT2D eigenvalue weighted by Gasteiger charge is -2.08. The molecule has 0 atom stereocenters. The van der Waals surface area contributed by atoms with E-state index in [4.69, 9.17) is 11.6 Å². The maximum absolute atomic E-state index is 12.3. The SMILES string of the molecule is O=C(Nc1ccc2ccccc2c1)c1cc(Br)cnc1Cl. The van der Waals surface area contributed by atoms with Gasteiger partial charge in [-0.3, -0.25) is 4.79 Å². The molecule has 0 spiro atoms. The van der Waals surface area contributed by atoms with Gasteiger partial charge in [-0.05, 0) is 44.9 Å². The Morgan fingerprint density at radius 3 is 2.67 bits per heavy atom. The predicted octanol–water partition coefficient (Wildman–Crippen LogP) is 4.90. The van der Waals surface area contributed by atoms with Gasteiger partial charge < -0.3 is 5.32 Å². The molecule has 1 heterocycles. The summed E-state index contributed by atoms with van der Waals surface area (Å²) in [6.07, 6.45) is 1.55. The lowest BCUT2D eigenvalue weighted by Crippen LogP contribution is -2.13. The van der Waals surface area contributed by atoms with Crippen molar-refractivity contribution in [2.24, 2.45) is 0 Å². The molecule has 0 saturated carbocycles. The van der Waals surface area contributed by atoms with Gasteiger partial charge in [0.1, 0.15) is 5.15 Å². The monoisotopic (exact) mass is 360 g/mol. The van der Waals surface area contributed by atoms with Crippen molar-refractivity contribution in [2.45, 2.75) is 0 Å². The summed E-state index contributed by atoms with van der Waals surface area (Å²) < 4.78 is 0.704. The fourth-order valence-electron chi connectivity index (χ4n) is 2.05. The molecule has 1 aromatic heterocycles. The minimum atomic E-state index is -0.288. The number of aromatic nitrogens is 1. The van der Waals surface area contributed by atoms with Gasteiger partial charge in [-0.15, -0.1) is 0 Å². The second-order valence-electron chi connectivity index (χ2n) is 4.51. The number of carbonyl (C=O) groups excluding carboxylic acids is 1. The van der Waals surface area contributed by atoms with Gasteiger partial charge in [0.15, 0.2) is 0 Å². The Morgan fingerprint density at radius 2 is 1.86 bits per heavy atom. The molecule has 5 heteroatoms. The zero-order valence-corrected chi connectivity index (χ0v) is 13.1. The summed E-state index contributed by atoms with van der Waals surface area (Å²) in [5.74, 6) is -0.288. The van der Waals surface area contributed by atoms with Crippen LogP contribution in [0.4, 0.5) is 5.69 Å². The van der Waals surface area contributed by atoms with Crippen LogP contribution in [0, 0.1) is 0 Å². The van der Waals surface area contributed by atoms with Crippen molar-refractivity contribution in [3.63, 3.8) is 0 Å². The molecule has 3 nitrogen and oxygen atoms in total. The van der Waals surface area contributed by atoms with E-state index < -0.39 is 0 Å². The lowest BCUT2D eigenvalue weighted by molar-refractivity contribution is 0.102. The molecule has 3 rings (SSSR count). The molecule has 0 aliphatic heterocycles. The topological polar surface area (TPSA) is 42.0 Å². The molecule has 0 fully saturated rings. The minimum absolute atomic E-state index is 0.177. The number of rotatable bonds is 2. The standard InChI is InChI=1S/C16H10BrClN2O/c17-12-8-14(15(18)19-9-12)16(21)20-13-6-5-10-3-1-2-4-11(10)7-13/h1-9H,(H,20,21). The first-order valence-electron chi connectivity index (χ1n) is 6.25. The molecule has 0 aliphatic rings. The number of benzene rings is 2. The second-order valence-corrected chi connectivity index (χ2v) is 5.78. The van der Waals surface area contributed by atoms with Gasteiger partial charge in [0.05, 0.1) is 5.56 Å². The summed E-state index contributed by atoms with van der Waals surface area (Å²) in [6.45, 7) is 0. The fraction of sp³-hybridized carbons (Fsp3) is 0. The normalized spacial score (nSPS) is 10.6. The molecule has 0 aliphatic carbocycles. The van der Waals surface area contributed by atoms with Crippen LogP contribution >= 0.6 is 27.5 Å². The zero-order chi connectivity index (χ0) is 14.8. The third-order valence-electron chi connectivity index (χ3n) is 3.06. The summed E-state index contributed by atoms with van der Waals surface area (Å²) >= 11 is 9.24. The highest BCUT2D eigenvalue weighted by Crippen LogP contribution is 2.22. The van der Waals surface area contributed by atoms with Crippen LogP contribution in [0.3, 0.4) is 0 Å². The molecule has 2 aromatic carbocycles. The third kappa shape index (κ3) is 3.06. The van der Waals surface area contributed by atoms with E-state index >= 15 is 0 Å². The lowest BCUT2D eigenvalue weighted by atomic mass is 10.1. The number of carbonyl (C=O) groups is 1. The quantitative estimate of drug-likeness (QED) is 0.659. The van der Waals surface area contributed by atoms with Crippen molar-refractivity contribution >= 4 is 49.9 Å². The molecule has 3 aromatic rings. The number of amides is 1. The Morgan fingerprint density at radius 1 is 1.10 bits per heavy atom. The molecule has 1 amide bonds. The van der Waals surface area contributed by atoms with Gasteiger partial charge in [-0.25, -0.2) is 4.98 Å². The molecule has 0 radical (unpaired) electrons. The number of hydrogen-bond acceptors (Lipinski definition) is 2. The van der Waals surface area contributed by atoms with E-state index in [1.165, 1.54) is 0 Å². The molecular formula is C16H10BrClN2O. The number of nitrogens with zero attached hydrogens (tertiary/aromatic N) is 1. The number of halogens is 2. The van der Waals surface area contributed by atoms with Crippen LogP contribution in [-0.4, -0.2) is 10.9 Å². The predicted molar refractivity (Wildman–Crippen MR) is 88.8 cm³/mol. The number of nitrogens with one attached hydrogen (secondary N) is 1. The van der Waals surface area contributed by atoms with Crippen LogP contribution in [0.2, 0.25) is 5.15 Å². The second kappa shape index (κ2) is 5.84. The van der Waals surface area contributed by atoms with Crippen LogP contribution in [0.5, 0.6) is 0 Å². The van der Waals surface area contributed by atoms with Crippen LogP contribution in [0.25, 0.3) is 10.8 Å². The smallest absolute Gasteiger partial charge is 0.258 e. The number of pyridine rings is 1. The Hall–Kier alpha value is -1.91. The van der Waals surface area contributed by atoms with Crippen molar-refractivity contribution in [2.75, 3.05) is 5.32 Å². The maximum Gasteiger partial charge on any atom is 0.258 e. The first-order valence-corrected chi connectivity index (χ1v) is 7.42. The van der Waals surface area contributed by atoms with Gasteiger partial charge in [0.2, 0.25) is 0 Å². The average Bonchev–Trinajstić information content (AvgIpc) is 2.49. The van der Waals surface area contributed by atoms with Gasteiger partial charge in [0, 0.05) is 16.4 Å². The number of hydrogen-bond donors (Lipinski definition) is 1. The van der Waals surface area contributed by atoms with Crippen LogP contribution in [0.15, 0.2) is 59.2 Å². The number of fused-ring (bicyclic) bond motifs is 1. The van der Waals surface area contributed by atoms with E-state index in [1.54, 1.807) is 12.3 Å². The summed E-state index contributed by atoms with van der Waals surface area (Å²) in [5.41, 5.74) is 1.05. The van der Waals surface area contributed by atoms with Crippen molar-refractivity contribution in [3.05, 3.63) is 69.9 Å². The van der Waals surface area contributed by atoms with E-state index in [0.29, 0.717) is 10.0 Å². The Bertz CT molecular complexity index is 835. The van der Waals surface area contributed by atoms with E-state index in [0.717, 1.165) is 16.5 Å². The number of anilines is 1. The minimum Gasteiger partial charge on any atom is -0.322 e. The summed E-state index contributed by atoms with van der Waals surface area (Å²) in [7, 11) is 0. The van der Waals surface area contributed by atoms with Gasteiger partial charge in [-0.2, -0.15) is 0 Å². The van der Waals surface area contributed by atoms with Crippen molar-refractivity contribution < 1.29 is 4.79 Å². The maximum atomic E-state index is 12.3. The largest absolute Gasteiger partial charge is 0.322 e. The molecule has 1 N–H and O–H groups in total. The molecule has 21 heavy (non-hydrogen) atoms. The summed E-state index contributed by atoms with van der Waals surface area (Å²) in [6, 6.07) is 15.4. The van der Waals surface area contributed by atoms with Crippen LogP contribution < -0.4 is 5.32 Å². The Labute approximate surface area is 135 Å². The van der Waals surface area contributed by atoms with Gasteiger partial charge in [-0.1, -0.05) is 41.9 Å². The van der Waals surface area contributed by atoms with E-state index in [2.05, 4.69) is 26.2 Å². The highest BCUT2D eigenvalue weighted by molar-refractivity contribution is 9.10. The summed E-state index contributed by atoms with van der Waals surface area (Å²) in [4.78, 5) is 16.2. The molecule has 0 bridgehead atoms. The van der Waals surface area contributed by atoms with E-state index in [-0.39, 0.29) is 11.1 Å². The van der Waals surface area contributed by atoms with E-state index in [1.807, 2.05) is 42.5 Å². The van der Waals surface area contributed by atoms with Crippen molar-refractivity contribution in [3.8, 4) is 0 Å². The first kappa shape index (κ1) is 14.0. The Balaban J connectivity index is 1.90. The molecule has 0 saturated heterocycles. The molecule has 0 unspecified atom stereocenters. The highest BCUT2D eigenvalue weighted by atomic mass is 79.9. The third-order valence-corrected chi connectivity index (χ3v) is 3.79. The summed E-state index contributed by atoms with van der Waals surface area (Å²) in [5, 5.41) is 5.20. The Kier molecular flexibility index (Phi) is 3.90. The van der Waals surface area contributed by atoms with E-state index in [9.17, 15) is 4.79 Å². The van der Waals surface area contributed by atoms with Crippen molar-refractivity contribution in [1.29, 1.82) is 0 Å². The van der Waals surface area contributed by atoms with Crippen LogP contribution in [-0.2, 0) is 0 Å². The van der Waals surface area contributed by atoms with Crippen molar-refractivity contribution in [1.82, 2.24) is 4.98 Å². The fourth-order valence-corrected chi connectivity index (χ4v) is 2.57. The van der Waals surface area contributed by atoms with Gasteiger partial charge >= 0.3 is 0 Å². The molecule has 104 valence electrons. The zero-order valence-electron chi connectivity index (χ0n) is 10.8. The first-order chi connectivity index (χ1) is 10.1. The highest BCUT2D eigenvalue weighted by Gasteiger charge is 2.12.